The van der Waals surface area contributed by atoms with Crippen LogP contribution in [-0.4, -0.2) is 19.5 Å². The number of hydrogen-bond acceptors (Lipinski definition) is 4. The van der Waals surface area contributed by atoms with Crippen molar-refractivity contribution >= 4 is 43.7 Å². The molecular weight excluding hydrogens is 613 g/mol. The van der Waals surface area contributed by atoms with E-state index in [1.165, 1.54) is 16.3 Å². The van der Waals surface area contributed by atoms with Gasteiger partial charge in [0.1, 0.15) is 16.9 Å². The normalized spacial score (nSPS) is 11.6. The van der Waals surface area contributed by atoms with E-state index in [4.69, 9.17) is 19.4 Å². The van der Waals surface area contributed by atoms with E-state index in [0.717, 1.165) is 66.7 Å². The molecule has 0 aliphatic heterocycles. The molecule has 7 aromatic carbocycles. The van der Waals surface area contributed by atoms with Gasteiger partial charge in [0.05, 0.1) is 11.2 Å². The zero-order valence-corrected chi connectivity index (χ0v) is 26.9. The van der Waals surface area contributed by atoms with Crippen LogP contribution >= 0.6 is 0 Å². The molecule has 0 bridgehead atoms. The maximum Gasteiger partial charge on any atom is 0.227 e. The maximum atomic E-state index is 6.68. The van der Waals surface area contributed by atoms with Crippen LogP contribution in [0.15, 0.2) is 174 Å². The predicted molar refractivity (Wildman–Crippen MR) is 203 cm³/mol. The molecular formula is C45H28N4O. The van der Waals surface area contributed by atoms with Gasteiger partial charge in [-0.3, -0.25) is 4.57 Å². The quantitative estimate of drug-likeness (QED) is 0.188. The van der Waals surface area contributed by atoms with Crippen LogP contribution in [0.1, 0.15) is 0 Å². The van der Waals surface area contributed by atoms with E-state index in [-0.39, 0.29) is 0 Å². The minimum atomic E-state index is 0.585. The van der Waals surface area contributed by atoms with E-state index in [1.807, 2.05) is 54.6 Å². The molecule has 0 saturated heterocycles. The van der Waals surface area contributed by atoms with E-state index < -0.39 is 0 Å². The molecule has 0 saturated carbocycles. The molecule has 10 aromatic rings. The lowest BCUT2D eigenvalue weighted by Crippen LogP contribution is -2.02. The standard InChI is InChI=1S/C45H28N4O/c1-4-12-29(13-5-1)30-20-22-33(23-21-30)44-46-38(32-15-6-2-7-16-32)28-40(48-44)49-39-27-24-31-14-10-11-19-35(31)41(39)36-25-26-37-43(42(36)49)50-45(47-37)34-17-8-3-9-18-34/h1-28H. The lowest BCUT2D eigenvalue weighted by Gasteiger charge is -2.12. The van der Waals surface area contributed by atoms with Crippen molar-refractivity contribution in [3.63, 3.8) is 0 Å². The maximum absolute atomic E-state index is 6.68. The number of rotatable bonds is 5. The first-order chi connectivity index (χ1) is 24.8. The zero-order chi connectivity index (χ0) is 33.0. The summed E-state index contributed by atoms with van der Waals surface area (Å²) in [4.78, 5) is 15.4. The van der Waals surface area contributed by atoms with E-state index in [0.29, 0.717) is 11.7 Å². The molecule has 0 spiro atoms. The topological polar surface area (TPSA) is 56.7 Å². The van der Waals surface area contributed by atoms with E-state index >= 15 is 0 Å². The Bertz CT molecular complexity index is 2840. The van der Waals surface area contributed by atoms with Crippen molar-refractivity contribution in [3.8, 4) is 51.0 Å². The molecule has 50 heavy (non-hydrogen) atoms. The fourth-order valence-corrected chi connectivity index (χ4v) is 7.07. The molecule has 234 valence electrons. The van der Waals surface area contributed by atoms with Crippen LogP contribution in [0.5, 0.6) is 0 Å². The molecule has 0 amide bonds. The van der Waals surface area contributed by atoms with Gasteiger partial charge in [-0.15, -0.1) is 0 Å². The molecule has 0 fully saturated rings. The fourth-order valence-electron chi connectivity index (χ4n) is 7.07. The first-order valence-corrected chi connectivity index (χ1v) is 16.7. The third-order valence-electron chi connectivity index (χ3n) is 9.45. The molecule has 0 aliphatic carbocycles. The molecule has 5 heteroatoms. The van der Waals surface area contributed by atoms with Gasteiger partial charge in [0.2, 0.25) is 5.89 Å². The van der Waals surface area contributed by atoms with Gasteiger partial charge in [-0.2, -0.15) is 0 Å². The highest BCUT2D eigenvalue weighted by atomic mass is 16.3. The molecule has 0 aliphatic rings. The van der Waals surface area contributed by atoms with Gasteiger partial charge in [0.15, 0.2) is 11.4 Å². The summed E-state index contributed by atoms with van der Waals surface area (Å²) < 4.78 is 8.91. The molecule has 3 heterocycles. The van der Waals surface area contributed by atoms with Crippen LogP contribution in [0.2, 0.25) is 0 Å². The number of fused-ring (bicyclic) bond motifs is 7. The van der Waals surface area contributed by atoms with E-state index in [2.05, 4.69) is 120 Å². The summed E-state index contributed by atoms with van der Waals surface area (Å²) in [6, 6.07) is 58.5. The van der Waals surface area contributed by atoms with Crippen molar-refractivity contribution in [1.29, 1.82) is 0 Å². The third kappa shape index (κ3) is 4.60. The summed E-state index contributed by atoms with van der Waals surface area (Å²) in [5.41, 5.74) is 9.49. The third-order valence-corrected chi connectivity index (χ3v) is 9.45. The van der Waals surface area contributed by atoms with E-state index in [1.54, 1.807) is 0 Å². The number of nitrogens with zero attached hydrogens (tertiary/aromatic N) is 4. The Hall–Kier alpha value is -6.85. The average Bonchev–Trinajstić information content (AvgIpc) is 3.79. The second kappa shape index (κ2) is 11.4. The van der Waals surface area contributed by atoms with Crippen LogP contribution in [0.25, 0.3) is 94.7 Å². The van der Waals surface area contributed by atoms with Gasteiger partial charge in [-0.05, 0) is 52.2 Å². The Labute approximate surface area is 287 Å². The fraction of sp³-hybridized carbons (Fsp3) is 0. The first kappa shape index (κ1) is 28.2. The van der Waals surface area contributed by atoms with Crippen molar-refractivity contribution < 1.29 is 4.42 Å². The number of benzene rings is 7. The summed E-state index contributed by atoms with van der Waals surface area (Å²) >= 11 is 0. The second-order valence-corrected chi connectivity index (χ2v) is 12.5. The average molecular weight is 641 g/mol. The number of oxazole rings is 1. The summed E-state index contributed by atoms with van der Waals surface area (Å²) in [5.74, 6) is 1.98. The van der Waals surface area contributed by atoms with Gasteiger partial charge in [-0.25, -0.2) is 15.0 Å². The summed E-state index contributed by atoms with van der Waals surface area (Å²) in [7, 11) is 0. The van der Waals surface area contributed by atoms with Crippen molar-refractivity contribution in [2.24, 2.45) is 0 Å². The number of hydrogen-bond donors (Lipinski definition) is 0. The van der Waals surface area contributed by atoms with Crippen LogP contribution in [0, 0.1) is 0 Å². The Morgan fingerprint density at radius 2 is 1.10 bits per heavy atom. The SMILES string of the molecule is c1ccc(-c2ccc(-c3nc(-c4ccccc4)cc(-n4c5ccc6ccccc6c5c5ccc6nc(-c7ccccc7)oc6c54)n3)cc2)cc1. The summed E-state index contributed by atoms with van der Waals surface area (Å²) in [6.07, 6.45) is 0. The van der Waals surface area contributed by atoms with Crippen LogP contribution < -0.4 is 0 Å². The van der Waals surface area contributed by atoms with Crippen molar-refractivity contribution in [1.82, 2.24) is 19.5 Å². The lowest BCUT2D eigenvalue weighted by atomic mass is 10.0. The largest absolute Gasteiger partial charge is 0.434 e. The van der Waals surface area contributed by atoms with Crippen LogP contribution in [0.3, 0.4) is 0 Å². The highest BCUT2D eigenvalue weighted by Crippen LogP contribution is 2.41. The van der Waals surface area contributed by atoms with Crippen molar-refractivity contribution in [2.45, 2.75) is 0 Å². The first-order valence-electron chi connectivity index (χ1n) is 16.7. The number of aromatic nitrogens is 4. The van der Waals surface area contributed by atoms with Crippen LogP contribution in [-0.2, 0) is 0 Å². The van der Waals surface area contributed by atoms with Gasteiger partial charge in [0.25, 0.3) is 0 Å². The zero-order valence-electron chi connectivity index (χ0n) is 26.9. The van der Waals surface area contributed by atoms with Crippen molar-refractivity contribution in [3.05, 3.63) is 170 Å². The Balaban J connectivity index is 1.27. The molecule has 3 aromatic heterocycles. The van der Waals surface area contributed by atoms with Gasteiger partial charge >= 0.3 is 0 Å². The minimum Gasteiger partial charge on any atom is -0.434 e. The molecule has 0 N–H and O–H groups in total. The summed E-state index contributed by atoms with van der Waals surface area (Å²) in [6.45, 7) is 0. The Morgan fingerprint density at radius 1 is 0.460 bits per heavy atom. The highest BCUT2D eigenvalue weighted by molar-refractivity contribution is 6.25. The minimum absolute atomic E-state index is 0.585. The monoisotopic (exact) mass is 640 g/mol. The second-order valence-electron chi connectivity index (χ2n) is 12.5. The molecule has 5 nitrogen and oxygen atoms in total. The van der Waals surface area contributed by atoms with Crippen molar-refractivity contribution in [2.75, 3.05) is 0 Å². The smallest absolute Gasteiger partial charge is 0.227 e. The Morgan fingerprint density at radius 3 is 1.86 bits per heavy atom. The van der Waals surface area contributed by atoms with Crippen LogP contribution in [0.4, 0.5) is 0 Å². The highest BCUT2D eigenvalue weighted by Gasteiger charge is 2.22. The molecule has 10 rings (SSSR count). The molecule has 0 radical (unpaired) electrons. The van der Waals surface area contributed by atoms with Gasteiger partial charge in [0, 0.05) is 33.5 Å². The summed E-state index contributed by atoms with van der Waals surface area (Å²) in [5, 5.41) is 4.57. The molecule has 0 atom stereocenters. The van der Waals surface area contributed by atoms with Gasteiger partial charge < -0.3 is 4.42 Å². The molecule has 0 unspecified atom stereocenters. The van der Waals surface area contributed by atoms with E-state index in [9.17, 15) is 0 Å². The van der Waals surface area contributed by atoms with Gasteiger partial charge in [-0.1, -0.05) is 133 Å². The lowest BCUT2D eigenvalue weighted by molar-refractivity contribution is 0.621. The predicted octanol–water partition coefficient (Wildman–Crippen LogP) is 11.5. The Kier molecular flexibility index (Phi) is 6.42.